The van der Waals surface area contributed by atoms with Crippen molar-refractivity contribution < 1.29 is 0 Å². The molecule has 0 radical (unpaired) electrons. The molecule has 16 heavy (non-hydrogen) atoms. The van der Waals surface area contributed by atoms with Crippen LogP contribution in [0.1, 0.15) is 5.56 Å². The van der Waals surface area contributed by atoms with Gasteiger partial charge in [0.2, 0.25) is 0 Å². The second-order valence-corrected chi connectivity index (χ2v) is 3.69. The third-order valence-corrected chi connectivity index (χ3v) is 2.50. The lowest BCUT2D eigenvalue weighted by molar-refractivity contribution is 0.662. The van der Waals surface area contributed by atoms with Crippen LogP contribution in [0.4, 0.5) is 0 Å². The van der Waals surface area contributed by atoms with Crippen LogP contribution in [0.3, 0.4) is 0 Å². The quantitative estimate of drug-likeness (QED) is 0.811. The van der Waals surface area contributed by atoms with Crippen LogP contribution in [0.25, 0.3) is 0 Å². The van der Waals surface area contributed by atoms with Gasteiger partial charge in [0.15, 0.2) is 5.15 Å². The molecule has 2 aromatic heterocycles. The minimum atomic E-state index is -0.256. The molecule has 2 rings (SSSR count). The first-order valence-electron chi connectivity index (χ1n) is 4.87. The van der Waals surface area contributed by atoms with Gasteiger partial charge in [0, 0.05) is 31.3 Å². The van der Waals surface area contributed by atoms with Crippen LogP contribution in [-0.2, 0) is 13.0 Å². The predicted molar refractivity (Wildman–Crippen MR) is 61.4 cm³/mol. The zero-order chi connectivity index (χ0) is 11.4. The van der Waals surface area contributed by atoms with Gasteiger partial charge in [-0.25, -0.2) is 4.98 Å². The molecule has 0 unspecified atom stereocenters. The standard InChI is InChI=1S/C11H10ClN3O/c12-10-11(16)15(7-5-14-10)6-3-9-2-1-4-13-8-9/h1-2,4-5,7-8H,3,6H2. The highest BCUT2D eigenvalue weighted by Gasteiger charge is 2.01. The fourth-order valence-electron chi connectivity index (χ4n) is 1.39. The van der Waals surface area contributed by atoms with Gasteiger partial charge in [-0.3, -0.25) is 9.78 Å². The van der Waals surface area contributed by atoms with E-state index in [9.17, 15) is 4.79 Å². The number of nitrogens with zero attached hydrogens (tertiary/aromatic N) is 3. The molecule has 2 heterocycles. The maximum atomic E-state index is 11.5. The van der Waals surface area contributed by atoms with E-state index in [-0.39, 0.29) is 10.7 Å². The molecule has 0 amide bonds. The highest BCUT2D eigenvalue weighted by Crippen LogP contribution is 1.99. The molecule has 0 fully saturated rings. The molecule has 0 saturated heterocycles. The van der Waals surface area contributed by atoms with E-state index in [1.165, 1.54) is 6.20 Å². The van der Waals surface area contributed by atoms with Crippen molar-refractivity contribution in [1.29, 1.82) is 0 Å². The topological polar surface area (TPSA) is 47.8 Å². The molecular formula is C11H10ClN3O. The number of hydrogen-bond donors (Lipinski definition) is 0. The van der Waals surface area contributed by atoms with E-state index in [1.54, 1.807) is 23.2 Å². The number of pyridine rings is 1. The Morgan fingerprint density at radius 3 is 3.00 bits per heavy atom. The van der Waals surface area contributed by atoms with Crippen LogP contribution in [0.2, 0.25) is 5.15 Å². The minimum Gasteiger partial charge on any atom is -0.311 e. The van der Waals surface area contributed by atoms with Crippen LogP contribution in [0, 0.1) is 0 Å². The van der Waals surface area contributed by atoms with E-state index < -0.39 is 0 Å². The monoisotopic (exact) mass is 235 g/mol. The molecule has 0 aliphatic carbocycles. The van der Waals surface area contributed by atoms with Gasteiger partial charge in [0.25, 0.3) is 5.56 Å². The van der Waals surface area contributed by atoms with Gasteiger partial charge in [0.1, 0.15) is 0 Å². The van der Waals surface area contributed by atoms with Crippen molar-refractivity contribution in [1.82, 2.24) is 14.5 Å². The molecule has 0 spiro atoms. The average Bonchev–Trinajstić information content (AvgIpc) is 2.32. The maximum absolute atomic E-state index is 11.5. The lowest BCUT2D eigenvalue weighted by Crippen LogP contribution is -2.21. The second kappa shape index (κ2) is 4.90. The smallest absolute Gasteiger partial charge is 0.288 e. The molecule has 82 valence electrons. The van der Waals surface area contributed by atoms with Gasteiger partial charge in [0.05, 0.1) is 0 Å². The molecule has 0 bridgehead atoms. The van der Waals surface area contributed by atoms with Crippen molar-refractivity contribution >= 4 is 11.6 Å². The molecule has 0 aliphatic heterocycles. The molecule has 5 heteroatoms. The normalized spacial score (nSPS) is 10.3. The Kier molecular flexibility index (Phi) is 3.31. The average molecular weight is 236 g/mol. The lowest BCUT2D eigenvalue weighted by Gasteiger charge is -2.04. The molecule has 0 saturated carbocycles. The zero-order valence-electron chi connectivity index (χ0n) is 8.51. The van der Waals surface area contributed by atoms with Gasteiger partial charge >= 0.3 is 0 Å². The second-order valence-electron chi connectivity index (χ2n) is 3.33. The highest BCUT2D eigenvalue weighted by atomic mass is 35.5. The SMILES string of the molecule is O=c1c(Cl)nccn1CCc1cccnc1. The third-order valence-electron chi connectivity index (χ3n) is 2.24. The first-order valence-corrected chi connectivity index (χ1v) is 5.25. The molecule has 0 atom stereocenters. The molecule has 0 aromatic carbocycles. The van der Waals surface area contributed by atoms with Gasteiger partial charge in [-0.2, -0.15) is 0 Å². The maximum Gasteiger partial charge on any atom is 0.288 e. The molecular weight excluding hydrogens is 226 g/mol. The third kappa shape index (κ3) is 2.46. The van der Waals surface area contributed by atoms with Crippen LogP contribution in [0.15, 0.2) is 41.7 Å². The summed E-state index contributed by atoms with van der Waals surface area (Å²) in [6, 6.07) is 3.85. The molecule has 4 nitrogen and oxygen atoms in total. The molecule has 2 aromatic rings. The van der Waals surface area contributed by atoms with Crippen molar-refractivity contribution in [2.75, 3.05) is 0 Å². The van der Waals surface area contributed by atoms with Gasteiger partial charge in [-0.1, -0.05) is 17.7 Å². The predicted octanol–water partition coefficient (Wildman–Crippen LogP) is 1.53. The zero-order valence-corrected chi connectivity index (χ0v) is 9.26. The highest BCUT2D eigenvalue weighted by molar-refractivity contribution is 6.29. The first-order chi connectivity index (χ1) is 7.77. The Balaban J connectivity index is 2.11. The fraction of sp³-hybridized carbons (Fsp3) is 0.182. The van der Waals surface area contributed by atoms with Crippen molar-refractivity contribution in [3.63, 3.8) is 0 Å². The summed E-state index contributed by atoms with van der Waals surface area (Å²) in [5.41, 5.74) is 0.829. The van der Waals surface area contributed by atoms with Gasteiger partial charge in [-0.05, 0) is 18.1 Å². The van der Waals surface area contributed by atoms with Crippen molar-refractivity contribution in [3.8, 4) is 0 Å². The van der Waals surface area contributed by atoms with Crippen LogP contribution >= 0.6 is 11.6 Å². The summed E-state index contributed by atoms with van der Waals surface area (Å²) < 4.78 is 1.54. The van der Waals surface area contributed by atoms with Crippen LogP contribution in [-0.4, -0.2) is 14.5 Å². The summed E-state index contributed by atoms with van der Waals surface area (Å²) in [6.07, 6.45) is 7.40. The van der Waals surface area contributed by atoms with E-state index in [0.29, 0.717) is 6.54 Å². The molecule has 0 N–H and O–H groups in total. The number of aryl methyl sites for hydroxylation is 2. The Morgan fingerprint density at radius 2 is 2.25 bits per heavy atom. The summed E-state index contributed by atoms with van der Waals surface area (Å²) in [5.74, 6) is 0. The van der Waals surface area contributed by atoms with Gasteiger partial charge in [-0.15, -0.1) is 0 Å². The fourth-order valence-corrected chi connectivity index (χ4v) is 1.56. The van der Waals surface area contributed by atoms with E-state index in [4.69, 9.17) is 11.6 Å². The minimum absolute atomic E-state index is 0.00804. The Labute approximate surface area is 97.6 Å². The van der Waals surface area contributed by atoms with Crippen molar-refractivity contribution in [2.24, 2.45) is 0 Å². The Morgan fingerprint density at radius 1 is 1.38 bits per heavy atom. The summed E-state index contributed by atoms with van der Waals surface area (Å²) in [4.78, 5) is 19.3. The molecule has 0 aliphatic rings. The number of halogens is 1. The number of hydrogen-bond acceptors (Lipinski definition) is 3. The number of aromatic nitrogens is 3. The summed E-state index contributed by atoms with van der Waals surface area (Å²) in [6.45, 7) is 0.576. The van der Waals surface area contributed by atoms with E-state index in [0.717, 1.165) is 12.0 Å². The summed E-state index contributed by atoms with van der Waals surface area (Å²) in [5, 5.41) is 0.00804. The van der Waals surface area contributed by atoms with Crippen LogP contribution < -0.4 is 5.56 Å². The Hall–Kier alpha value is -1.68. The van der Waals surface area contributed by atoms with Crippen molar-refractivity contribution in [3.05, 3.63) is 58.0 Å². The van der Waals surface area contributed by atoms with Crippen LogP contribution in [0.5, 0.6) is 0 Å². The Bertz CT molecular complexity index is 524. The van der Waals surface area contributed by atoms with E-state index >= 15 is 0 Å². The van der Waals surface area contributed by atoms with E-state index in [1.807, 2.05) is 12.1 Å². The lowest BCUT2D eigenvalue weighted by atomic mass is 10.2. The summed E-state index contributed by atoms with van der Waals surface area (Å²) >= 11 is 5.64. The first kappa shape index (κ1) is 10.8. The van der Waals surface area contributed by atoms with Crippen molar-refractivity contribution in [2.45, 2.75) is 13.0 Å². The summed E-state index contributed by atoms with van der Waals surface area (Å²) in [7, 11) is 0. The number of rotatable bonds is 3. The van der Waals surface area contributed by atoms with Gasteiger partial charge < -0.3 is 4.57 Å². The van der Waals surface area contributed by atoms with E-state index in [2.05, 4.69) is 9.97 Å². The largest absolute Gasteiger partial charge is 0.311 e.